The average Bonchev–Trinajstić information content (AvgIpc) is 2.54. The molecule has 0 heterocycles. The molecular formula is C20H40O3. The van der Waals surface area contributed by atoms with Gasteiger partial charge in [0.2, 0.25) is 0 Å². The zero-order chi connectivity index (χ0) is 17.9. The average molecular weight is 329 g/mol. The Morgan fingerprint density at radius 1 is 0.913 bits per heavy atom. The lowest BCUT2D eigenvalue weighted by Gasteiger charge is -2.05. The zero-order valence-electron chi connectivity index (χ0n) is 16.1. The molecule has 23 heavy (non-hydrogen) atoms. The maximum atomic E-state index is 8.39. The van der Waals surface area contributed by atoms with Crippen LogP contribution in [0, 0.1) is 0 Å². The van der Waals surface area contributed by atoms with E-state index in [9.17, 15) is 0 Å². The summed E-state index contributed by atoms with van der Waals surface area (Å²) in [5.41, 5.74) is 2.85. The molecule has 1 unspecified atom stereocenters. The number of ether oxygens (including phenoxy) is 1. The maximum absolute atomic E-state index is 8.39. The second-order valence-electron chi connectivity index (χ2n) is 5.96. The highest BCUT2D eigenvalue weighted by atomic mass is 16.5. The van der Waals surface area contributed by atoms with Gasteiger partial charge in [-0.05, 0) is 63.0 Å². The quantitative estimate of drug-likeness (QED) is 0.450. The standard InChI is InChI=1S/C16H30O.C4H10O2/c1-5-9-11-15(7-3)13-17-14-16(8-4)12-10-6-2;1-4(6)2-3-5/h13-14H,5-12H2,1-4H3;4-6H,2-3H2,1H3. The summed E-state index contributed by atoms with van der Waals surface area (Å²) in [6, 6.07) is 0. The SMILES string of the molecule is CC(O)CCO.CCCCC(=COC=C(CC)CCCC)CC. The van der Waals surface area contributed by atoms with E-state index in [1.54, 1.807) is 6.92 Å². The molecule has 0 aromatic heterocycles. The fraction of sp³-hybridized carbons (Fsp3) is 0.800. The van der Waals surface area contributed by atoms with Crippen LogP contribution in [0.25, 0.3) is 0 Å². The van der Waals surface area contributed by atoms with Gasteiger partial charge in [-0.15, -0.1) is 0 Å². The van der Waals surface area contributed by atoms with Crippen LogP contribution in [0.1, 0.15) is 92.4 Å². The second-order valence-corrected chi connectivity index (χ2v) is 5.96. The predicted octanol–water partition coefficient (Wildman–Crippen LogP) is 5.72. The van der Waals surface area contributed by atoms with Crippen molar-refractivity contribution in [3.8, 4) is 0 Å². The van der Waals surface area contributed by atoms with E-state index in [2.05, 4.69) is 27.7 Å². The highest BCUT2D eigenvalue weighted by molar-refractivity contribution is 5.01. The molecule has 0 spiro atoms. The van der Waals surface area contributed by atoms with Crippen LogP contribution in [-0.4, -0.2) is 22.9 Å². The molecular weight excluding hydrogens is 288 g/mol. The minimum absolute atomic E-state index is 0.0810. The van der Waals surface area contributed by atoms with E-state index in [1.165, 1.54) is 49.7 Å². The summed E-state index contributed by atoms with van der Waals surface area (Å²) in [5, 5.41) is 16.5. The molecule has 0 fully saturated rings. The van der Waals surface area contributed by atoms with Gasteiger partial charge in [-0.1, -0.05) is 40.5 Å². The Balaban J connectivity index is 0. The van der Waals surface area contributed by atoms with E-state index in [0.717, 1.165) is 12.8 Å². The van der Waals surface area contributed by atoms with Crippen LogP contribution in [0.15, 0.2) is 23.7 Å². The zero-order valence-corrected chi connectivity index (χ0v) is 16.1. The van der Waals surface area contributed by atoms with Crippen molar-refractivity contribution in [1.29, 1.82) is 0 Å². The first-order valence-electron chi connectivity index (χ1n) is 9.35. The number of rotatable bonds is 12. The summed E-state index contributed by atoms with van der Waals surface area (Å²) >= 11 is 0. The van der Waals surface area contributed by atoms with E-state index >= 15 is 0 Å². The fourth-order valence-corrected chi connectivity index (χ4v) is 1.86. The Morgan fingerprint density at radius 3 is 1.57 bits per heavy atom. The van der Waals surface area contributed by atoms with Gasteiger partial charge in [0, 0.05) is 6.61 Å². The minimum atomic E-state index is -0.352. The van der Waals surface area contributed by atoms with Crippen LogP contribution in [0.2, 0.25) is 0 Å². The number of hydrogen-bond acceptors (Lipinski definition) is 3. The van der Waals surface area contributed by atoms with Crippen LogP contribution in [-0.2, 0) is 4.74 Å². The Hall–Kier alpha value is -0.800. The third kappa shape index (κ3) is 19.2. The molecule has 0 aromatic rings. The fourth-order valence-electron chi connectivity index (χ4n) is 1.86. The second kappa shape index (κ2) is 19.2. The molecule has 0 amide bonds. The number of hydrogen-bond donors (Lipinski definition) is 2. The molecule has 0 aliphatic carbocycles. The van der Waals surface area contributed by atoms with E-state index in [-0.39, 0.29) is 12.7 Å². The molecule has 0 rings (SSSR count). The van der Waals surface area contributed by atoms with Crippen molar-refractivity contribution in [3.63, 3.8) is 0 Å². The van der Waals surface area contributed by atoms with Gasteiger partial charge in [-0.2, -0.15) is 0 Å². The van der Waals surface area contributed by atoms with E-state index in [1.807, 2.05) is 12.5 Å². The summed E-state index contributed by atoms with van der Waals surface area (Å²) in [7, 11) is 0. The first-order valence-corrected chi connectivity index (χ1v) is 9.35. The van der Waals surface area contributed by atoms with Gasteiger partial charge < -0.3 is 14.9 Å². The minimum Gasteiger partial charge on any atom is -0.473 e. The first kappa shape index (κ1) is 24.5. The summed E-state index contributed by atoms with van der Waals surface area (Å²) in [6.45, 7) is 10.6. The summed E-state index contributed by atoms with van der Waals surface area (Å²) in [4.78, 5) is 0. The van der Waals surface area contributed by atoms with Gasteiger partial charge in [-0.25, -0.2) is 0 Å². The largest absolute Gasteiger partial charge is 0.473 e. The molecule has 0 bridgehead atoms. The maximum Gasteiger partial charge on any atom is 0.0893 e. The lowest BCUT2D eigenvalue weighted by Crippen LogP contribution is -2.00. The number of allylic oxidation sites excluding steroid dienone is 2. The lowest BCUT2D eigenvalue weighted by molar-refractivity contribution is 0.148. The van der Waals surface area contributed by atoms with Crippen molar-refractivity contribution in [2.24, 2.45) is 0 Å². The highest BCUT2D eigenvalue weighted by Crippen LogP contribution is 2.14. The Labute approximate surface area is 144 Å². The monoisotopic (exact) mass is 328 g/mol. The molecule has 0 aromatic carbocycles. The third-order valence-corrected chi connectivity index (χ3v) is 3.63. The smallest absolute Gasteiger partial charge is 0.0893 e. The summed E-state index contributed by atoms with van der Waals surface area (Å²) in [5.74, 6) is 0. The van der Waals surface area contributed by atoms with Crippen molar-refractivity contribution < 1.29 is 14.9 Å². The van der Waals surface area contributed by atoms with Crippen molar-refractivity contribution in [2.75, 3.05) is 6.61 Å². The van der Waals surface area contributed by atoms with Gasteiger partial charge in [0.1, 0.15) is 0 Å². The van der Waals surface area contributed by atoms with Crippen molar-refractivity contribution in [1.82, 2.24) is 0 Å². The van der Waals surface area contributed by atoms with E-state index in [0.29, 0.717) is 6.42 Å². The Kier molecular flexibility index (Phi) is 20.5. The molecule has 2 N–H and O–H groups in total. The van der Waals surface area contributed by atoms with E-state index < -0.39 is 0 Å². The Bertz CT molecular complexity index is 269. The van der Waals surface area contributed by atoms with Crippen LogP contribution >= 0.6 is 0 Å². The molecule has 0 radical (unpaired) electrons. The molecule has 0 aliphatic heterocycles. The van der Waals surface area contributed by atoms with Crippen molar-refractivity contribution in [2.45, 2.75) is 98.5 Å². The molecule has 3 heteroatoms. The van der Waals surface area contributed by atoms with Gasteiger partial charge >= 0.3 is 0 Å². The molecule has 0 aliphatic rings. The molecule has 0 saturated carbocycles. The highest BCUT2D eigenvalue weighted by Gasteiger charge is 1.96. The molecule has 138 valence electrons. The third-order valence-electron chi connectivity index (χ3n) is 3.63. The first-order chi connectivity index (χ1) is 11.0. The molecule has 0 saturated heterocycles. The van der Waals surface area contributed by atoms with Gasteiger partial charge in [0.25, 0.3) is 0 Å². The van der Waals surface area contributed by atoms with Gasteiger partial charge in [-0.3, -0.25) is 0 Å². The van der Waals surface area contributed by atoms with Crippen LogP contribution in [0.5, 0.6) is 0 Å². The molecule has 3 nitrogen and oxygen atoms in total. The van der Waals surface area contributed by atoms with Crippen LogP contribution < -0.4 is 0 Å². The summed E-state index contributed by atoms with van der Waals surface area (Å²) < 4.78 is 5.61. The van der Waals surface area contributed by atoms with Crippen molar-refractivity contribution >= 4 is 0 Å². The summed E-state index contributed by atoms with van der Waals surface area (Å²) in [6.07, 6.45) is 13.6. The lowest BCUT2D eigenvalue weighted by atomic mass is 10.1. The van der Waals surface area contributed by atoms with E-state index in [4.69, 9.17) is 14.9 Å². The predicted molar refractivity (Wildman–Crippen MR) is 100 cm³/mol. The number of aliphatic hydroxyl groups excluding tert-OH is 2. The topological polar surface area (TPSA) is 49.7 Å². The van der Waals surface area contributed by atoms with Gasteiger partial charge in [0.05, 0.1) is 18.6 Å². The molecule has 1 atom stereocenters. The number of unbranched alkanes of at least 4 members (excludes halogenated alkanes) is 2. The van der Waals surface area contributed by atoms with Crippen LogP contribution in [0.3, 0.4) is 0 Å². The van der Waals surface area contributed by atoms with Crippen LogP contribution in [0.4, 0.5) is 0 Å². The van der Waals surface area contributed by atoms with Crippen molar-refractivity contribution in [3.05, 3.63) is 23.7 Å². The Morgan fingerprint density at radius 2 is 1.35 bits per heavy atom. The van der Waals surface area contributed by atoms with Gasteiger partial charge in [0.15, 0.2) is 0 Å². The normalized spacial score (nSPS) is 13.3. The number of aliphatic hydroxyl groups is 2.